The average molecular weight is 432 g/mol. The lowest BCUT2D eigenvalue weighted by Gasteiger charge is -2.30. The zero-order valence-corrected chi connectivity index (χ0v) is 18.9. The Balaban J connectivity index is 1.79. The summed E-state index contributed by atoms with van der Waals surface area (Å²) in [6.45, 7) is 4.88. The van der Waals surface area contributed by atoms with Gasteiger partial charge in [-0.25, -0.2) is 0 Å². The number of aromatic nitrogens is 1. The summed E-state index contributed by atoms with van der Waals surface area (Å²) in [4.78, 5) is 12.4. The van der Waals surface area contributed by atoms with E-state index in [0.717, 1.165) is 40.8 Å². The molecule has 0 radical (unpaired) electrons. The normalized spacial score (nSPS) is 13.7. The van der Waals surface area contributed by atoms with E-state index in [1.54, 1.807) is 7.11 Å². The first kappa shape index (κ1) is 21.9. The van der Waals surface area contributed by atoms with Gasteiger partial charge in [0.2, 0.25) is 0 Å². The Morgan fingerprint density at radius 3 is 2.53 bits per heavy atom. The molecule has 32 heavy (non-hydrogen) atoms. The molecule has 1 N–H and O–H groups in total. The summed E-state index contributed by atoms with van der Waals surface area (Å²) >= 11 is 0. The highest BCUT2D eigenvalue weighted by Gasteiger charge is 2.28. The number of methoxy groups -OCH3 is 1. The molecule has 1 aliphatic carbocycles. The molecule has 0 unspecified atom stereocenters. The predicted octanol–water partition coefficient (Wildman–Crippen LogP) is 5.07. The van der Waals surface area contributed by atoms with Gasteiger partial charge >= 0.3 is 0 Å². The largest absolute Gasteiger partial charge is 0.491 e. The number of nitriles is 1. The lowest BCUT2D eigenvalue weighted by atomic mass is 9.92. The van der Waals surface area contributed by atoms with Crippen LogP contribution in [-0.4, -0.2) is 36.8 Å². The number of amides is 1. The SMILES string of the molecule is COCCOc1ccc2c(C#N)c(-c3ccc(C(=O)NC(C)C)cc3)n(C3CCC3)c2c1. The van der Waals surface area contributed by atoms with E-state index < -0.39 is 0 Å². The lowest BCUT2D eigenvalue weighted by molar-refractivity contribution is 0.0943. The van der Waals surface area contributed by atoms with Crippen molar-refractivity contribution >= 4 is 16.8 Å². The molecule has 0 aliphatic heterocycles. The molecule has 0 bridgehead atoms. The van der Waals surface area contributed by atoms with Crippen LogP contribution in [0.4, 0.5) is 0 Å². The minimum atomic E-state index is -0.0931. The second-order valence-corrected chi connectivity index (χ2v) is 8.52. The zero-order valence-electron chi connectivity index (χ0n) is 18.9. The van der Waals surface area contributed by atoms with Crippen LogP contribution in [0.15, 0.2) is 42.5 Å². The van der Waals surface area contributed by atoms with Crippen LogP contribution < -0.4 is 10.1 Å². The van der Waals surface area contributed by atoms with Gasteiger partial charge < -0.3 is 19.4 Å². The maximum absolute atomic E-state index is 12.4. The van der Waals surface area contributed by atoms with Crippen molar-refractivity contribution in [2.45, 2.75) is 45.2 Å². The molecule has 1 heterocycles. The van der Waals surface area contributed by atoms with E-state index >= 15 is 0 Å². The van der Waals surface area contributed by atoms with Gasteiger partial charge in [0.1, 0.15) is 18.4 Å². The number of nitrogens with one attached hydrogen (secondary N) is 1. The Hall–Kier alpha value is -3.30. The standard InChI is InChI=1S/C26H29N3O3/c1-17(2)28-26(30)19-9-7-18(8-10-19)25-23(16-27)22-12-11-21(32-14-13-31-3)15-24(22)29(25)20-5-4-6-20/h7-12,15,17,20H,4-6,13-14H2,1-3H3,(H,28,30). The molecule has 4 rings (SSSR count). The summed E-state index contributed by atoms with van der Waals surface area (Å²) in [7, 11) is 1.65. The summed E-state index contributed by atoms with van der Waals surface area (Å²) in [5.74, 6) is 0.675. The van der Waals surface area contributed by atoms with Crippen molar-refractivity contribution in [3.63, 3.8) is 0 Å². The van der Waals surface area contributed by atoms with Gasteiger partial charge in [-0.3, -0.25) is 4.79 Å². The van der Waals surface area contributed by atoms with Gasteiger partial charge in [-0.1, -0.05) is 12.1 Å². The molecule has 3 aromatic rings. The van der Waals surface area contributed by atoms with Crippen LogP contribution in [0.1, 0.15) is 55.1 Å². The molecule has 0 atom stereocenters. The summed E-state index contributed by atoms with van der Waals surface area (Å²) in [6, 6.07) is 16.3. The summed E-state index contributed by atoms with van der Waals surface area (Å²) in [5.41, 5.74) is 4.14. The first-order chi connectivity index (χ1) is 15.5. The van der Waals surface area contributed by atoms with E-state index in [-0.39, 0.29) is 11.9 Å². The first-order valence-electron chi connectivity index (χ1n) is 11.1. The molecule has 1 aromatic heterocycles. The third-order valence-electron chi connectivity index (χ3n) is 5.92. The van der Waals surface area contributed by atoms with Crippen LogP contribution in [0.3, 0.4) is 0 Å². The van der Waals surface area contributed by atoms with Crippen molar-refractivity contribution in [3.8, 4) is 23.1 Å². The van der Waals surface area contributed by atoms with Gasteiger partial charge in [-0.05, 0) is 62.9 Å². The number of ether oxygens (including phenoxy) is 2. The number of carbonyl (C=O) groups is 1. The van der Waals surface area contributed by atoms with E-state index in [1.165, 1.54) is 6.42 Å². The predicted molar refractivity (Wildman–Crippen MR) is 125 cm³/mol. The fourth-order valence-corrected chi connectivity index (χ4v) is 4.17. The van der Waals surface area contributed by atoms with E-state index in [2.05, 4.69) is 16.0 Å². The number of benzene rings is 2. The van der Waals surface area contributed by atoms with Crippen molar-refractivity contribution in [1.82, 2.24) is 9.88 Å². The third kappa shape index (κ3) is 4.21. The molecule has 166 valence electrons. The summed E-state index contributed by atoms with van der Waals surface area (Å²) < 4.78 is 13.2. The minimum Gasteiger partial charge on any atom is -0.491 e. The third-order valence-corrected chi connectivity index (χ3v) is 5.92. The Morgan fingerprint density at radius 2 is 1.94 bits per heavy atom. The fraction of sp³-hybridized carbons (Fsp3) is 0.385. The van der Waals surface area contributed by atoms with Crippen molar-refractivity contribution in [2.24, 2.45) is 0 Å². The Bertz CT molecular complexity index is 1150. The second kappa shape index (κ2) is 9.46. The number of fused-ring (bicyclic) bond motifs is 1. The van der Waals surface area contributed by atoms with Gasteiger partial charge in [-0.2, -0.15) is 5.26 Å². The number of hydrogen-bond donors (Lipinski definition) is 1. The van der Waals surface area contributed by atoms with Gasteiger partial charge in [-0.15, -0.1) is 0 Å². The van der Waals surface area contributed by atoms with Crippen LogP contribution in [0, 0.1) is 11.3 Å². The van der Waals surface area contributed by atoms with Gasteiger partial charge in [0.15, 0.2) is 0 Å². The van der Waals surface area contributed by atoms with Crippen LogP contribution in [-0.2, 0) is 4.74 Å². The molecule has 1 amide bonds. The first-order valence-corrected chi connectivity index (χ1v) is 11.1. The quantitative estimate of drug-likeness (QED) is 0.505. The maximum Gasteiger partial charge on any atom is 0.251 e. The molecule has 0 saturated heterocycles. The van der Waals surface area contributed by atoms with Crippen LogP contribution in [0.5, 0.6) is 5.75 Å². The highest BCUT2D eigenvalue weighted by atomic mass is 16.5. The molecule has 6 nitrogen and oxygen atoms in total. The molecule has 1 saturated carbocycles. The molecule has 2 aromatic carbocycles. The Kier molecular flexibility index (Phi) is 6.48. The Labute approximate surface area is 188 Å². The highest BCUT2D eigenvalue weighted by molar-refractivity contribution is 5.97. The molecular weight excluding hydrogens is 402 g/mol. The lowest BCUT2D eigenvalue weighted by Crippen LogP contribution is -2.29. The van der Waals surface area contributed by atoms with E-state index in [4.69, 9.17) is 9.47 Å². The van der Waals surface area contributed by atoms with Crippen LogP contribution in [0.2, 0.25) is 0 Å². The van der Waals surface area contributed by atoms with Crippen molar-refractivity contribution in [1.29, 1.82) is 5.26 Å². The smallest absolute Gasteiger partial charge is 0.251 e. The number of hydrogen-bond acceptors (Lipinski definition) is 4. The highest BCUT2D eigenvalue weighted by Crippen LogP contribution is 2.43. The number of nitrogens with zero attached hydrogens (tertiary/aromatic N) is 2. The van der Waals surface area contributed by atoms with Gasteiger partial charge in [0, 0.05) is 36.2 Å². The summed E-state index contributed by atoms with van der Waals surface area (Å²) in [6.07, 6.45) is 3.36. The molecular formula is C26H29N3O3. The van der Waals surface area contributed by atoms with Crippen LogP contribution in [0.25, 0.3) is 22.2 Å². The molecule has 6 heteroatoms. The molecule has 0 spiro atoms. The van der Waals surface area contributed by atoms with Crippen molar-refractivity contribution in [2.75, 3.05) is 20.3 Å². The molecule has 1 aliphatic rings. The van der Waals surface area contributed by atoms with Gasteiger partial charge in [0.25, 0.3) is 5.91 Å². The topological polar surface area (TPSA) is 76.3 Å². The van der Waals surface area contributed by atoms with Crippen molar-refractivity contribution in [3.05, 3.63) is 53.6 Å². The second-order valence-electron chi connectivity index (χ2n) is 8.52. The minimum absolute atomic E-state index is 0.0776. The van der Waals surface area contributed by atoms with E-state index in [9.17, 15) is 10.1 Å². The van der Waals surface area contributed by atoms with Crippen molar-refractivity contribution < 1.29 is 14.3 Å². The number of carbonyl (C=O) groups excluding carboxylic acids is 1. The fourth-order valence-electron chi connectivity index (χ4n) is 4.17. The summed E-state index contributed by atoms with van der Waals surface area (Å²) in [5, 5.41) is 13.9. The zero-order chi connectivity index (χ0) is 22.7. The van der Waals surface area contributed by atoms with E-state index in [1.807, 2.05) is 56.3 Å². The molecule has 1 fully saturated rings. The van der Waals surface area contributed by atoms with Gasteiger partial charge in [0.05, 0.1) is 23.4 Å². The Morgan fingerprint density at radius 1 is 1.19 bits per heavy atom. The monoisotopic (exact) mass is 431 g/mol. The number of rotatable bonds is 8. The van der Waals surface area contributed by atoms with E-state index in [0.29, 0.717) is 30.4 Å². The average Bonchev–Trinajstić information content (AvgIpc) is 3.06. The van der Waals surface area contributed by atoms with Crippen LogP contribution >= 0.6 is 0 Å². The maximum atomic E-state index is 12.4.